The number of nitrogens with one attached hydrogen (secondary N) is 2. The Morgan fingerprint density at radius 3 is 2.81 bits per heavy atom. The zero-order valence-corrected chi connectivity index (χ0v) is 16.7. The van der Waals surface area contributed by atoms with Gasteiger partial charge >= 0.3 is 0 Å². The van der Waals surface area contributed by atoms with E-state index in [9.17, 15) is 4.79 Å². The van der Waals surface area contributed by atoms with E-state index >= 15 is 0 Å². The third kappa shape index (κ3) is 5.80. The average molecular weight is 432 g/mol. The summed E-state index contributed by atoms with van der Waals surface area (Å²) < 4.78 is 11.8. The summed E-state index contributed by atoms with van der Waals surface area (Å²) in [7, 11) is 1.57. The molecule has 0 aliphatic carbocycles. The first-order valence-corrected chi connectivity index (χ1v) is 9.57. The van der Waals surface area contributed by atoms with Gasteiger partial charge in [0.2, 0.25) is 5.96 Å². The second-order valence-corrected chi connectivity index (χ2v) is 7.06. The van der Waals surface area contributed by atoms with Gasteiger partial charge in [0, 0.05) is 22.3 Å². The standard InChI is InChI=1S/C20H22BrN3O3/c1-26-17-5-2-4-14(12-17)19(25)24-20(22-13-18-6-3-11-27-18)23-16-9-7-15(21)8-10-16/h2,4-5,7-10,12,18H,3,6,11,13H2,1H3,(H2,22,23,24,25). The fourth-order valence-electron chi connectivity index (χ4n) is 2.71. The molecule has 1 amide bonds. The molecule has 3 rings (SSSR count). The number of guanidine groups is 1. The summed E-state index contributed by atoms with van der Waals surface area (Å²) in [6.07, 6.45) is 2.13. The summed E-state index contributed by atoms with van der Waals surface area (Å²) in [5.41, 5.74) is 1.33. The first kappa shape index (κ1) is 19.4. The summed E-state index contributed by atoms with van der Waals surface area (Å²) >= 11 is 3.42. The van der Waals surface area contributed by atoms with Crippen molar-refractivity contribution in [3.63, 3.8) is 0 Å². The molecule has 0 aromatic heterocycles. The predicted octanol–water partition coefficient (Wildman–Crippen LogP) is 3.83. The molecule has 2 aromatic carbocycles. The summed E-state index contributed by atoms with van der Waals surface area (Å²) in [5.74, 6) is 0.756. The van der Waals surface area contributed by atoms with Gasteiger partial charge in [0.05, 0.1) is 19.8 Å². The monoisotopic (exact) mass is 431 g/mol. The van der Waals surface area contributed by atoms with Crippen molar-refractivity contribution in [2.45, 2.75) is 18.9 Å². The van der Waals surface area contributed by atoms with E-state index in [2.05, 4.69) is 31.6 Å². The van der Waals surface area contributed by atoms with Crippen molar-refractivity contribution in [3.05, 3.63) is 58.6 Å². The fourth-order valence-corrected chi connectivity index (χ4v) is 2.97. The SMILES string of the molecule is COc1cccc(C(=O)NC(=NCC2CCCO2)Nc2ccc(Br)cc2)c1. The molecule has 1 aliphatic rings. The molecule has 0 bridgehead atoms. The van der Waals surface area contributed by atoms with Crippen LogP contribution in [0.4, 0.5) is 5.69 Å². The van der Waals surface area contributed by atoms with Crippen molar-refractivity contribution in [2.24, 2.45) is 4.99 Å². The van der Waals surface area contributed by atoms with Gasteiger partial charge in [0.25, 0.3) is 5.91 Å². The Hall–Kier alpha value is -2.38. The minimum Gasteiger partial charge on any atom is -0.497 e. The number of ether oxygens (including phenoxy) is 2. The van der Waals surface area contributed by atoms with Crippen molar-refractivity contribution in [3.8, 4) is 5.75 Å². The van der Waals surface area contributed by atoms with Gasteiger partial charge in [-0.3, -0.25) is 10.1 Å². The van der Waals surface area contributed by atoms with Crippen molar-refractivity contribution in [1.29, 1.82) is 0 Å². The number of amides is 1. The van der Waals surface area contributed by atoms with Gasteiger partial charge in [-0.05, 0) is 55.3 Å². The first-order chi connectivity index (χ1) is 13.1. The molecule has 0 spiro atoms. The molecule has 1 fully saturated rings. The van der Waals surface area contributed by atoms with Crippen LogP contribution in [0.2, 0.25) is 0 Å². The molecule has 2 N–H and O–H groups in total. The number of hydrogen-bond acceptors (Lipinski definition) is 4. The fraction of sp³-hybridized carbons (Fsp3) is 0.300. The van der Waals surface area contributed by atoms with Crippen LogP contribution in [0.25, 0.3) is 0 Å². The minimum absolute atomic E-state index is 0.0976. The molecule has 7 heteroatoms. The van der Waals surface area contributed by atoms with Gasteiger partial charge in [-0.1, -0.05) is 22.0 Å². The van der Waals surface area contributed by atoms with Crippen LogP contribution in [0, 0.1) is 0 Å². The molecule has 1 saturated heterocycles. The third-order valence-corrected chi connectivity index (χ3v) is 4.68. The number of hydrogen-bond donors (Lipinski definition) is 2. The van der Waals surface area contributed by atoms with E-state index in [0.29, 0.717) is 23.8 Å². The quantitative estimate of drug-likeness (QED) is 0.557. The van der Waals surface area contributed by atoms with Gasteiger partial charge < -0.3 is 14.8 Å². The van der Waals surface area contributed by atoms with Crippen LogP contribution in [-0.4, -0.2) is 38.2 Å². The zero-order chi connectivity index (χ0) is 19.1. The lowest BCUT2D eigenvalue weighted by Gasteiger charge is -2.14. The zero-order valence-electron chi connectivity index (χ0n) is 15.1. The molecule has 1 aliphatic heterocycles. The van der Waals surface area contributed by atoms with Crippen LogP contribution < -0.4 is 15.4 Å². The van der Waals surface area contributed by atoms with Crippen LogP contribution in [0.1, 0.15) is 23.2 Å². The number of rotatable bonds is 5. The Morgan fingerprint density at radius 1 is 1.30 bits per heavy atom. The van der Waals surface area contributed by atoms with Gasteiger partial charge in [0.1, 0.15) is 5.75 Å². The summed E-state index contributed by atoms with van der Waals surface area (Å²) in [6, 6.07) is 14.6. The Balaban J connectivity index is 1.74. The topological polar surface area (TPSA) is 72.0 Å². The van der Waals surface area contributed by atoms with E-state index in [0.717, 1.165) is 29.6 Å². The Kier molecular flexibility index (Phi) is 6.84. The predicted molar refractivity (Wildman–Crippen MR) is 110 cm³/mol. The molecule has 0 saturated carbocycles. The van der Waals surface area contributed by atoms with E-state index in [1.807, 2.05) is 24.3 Å². The summed E-state index contributed by atoms with van der Waals surface area (Å²) in [4.78, 5) is 17.2. The number of carbonyl (C=O) groups excluding carboxylic acids is 1. The number of nitrogens with zero attached hydrogens (tertiary/aromatic N) is 1. The molecule has 6 nitrogen and oxygen atoms in total. The molecule has 2 aromatic rings. The first-order valence-electron chi connectivity index (χ1n) is 8.78. The highest BCUT2D eigenvalue weighted by atomic mass is 79.9. The number of aliphatic imine (C=N–C) groups is 1. The van der Waals surface area contributed by atoms with E-state index < -0.39 is 0 Å². The van der Waals surface area contributed by atoms with Crippen molar-refractivity contribution in [1.82, 2.24) is 5.32 Å². The number of halogens is 1. The van der Waals surface area contributed by atoms with Crippen molar-refractivity contribution < 1.29 is 14.3 Å². The molecule has 1 atom stereocenters. The summed E-state index contributed by atoms with van der Waals surface area (Å²) in [5, 5.41) is 6.02. The van der Waals surface area contributed by atoms with E-state index in [4.69, 9.17) is 9.47 Å². The van der Waals surface area contributed by atoms with Crippen LogP contribution >= 0.6 is 15.9 Å². The van der Waals surface area contributed by atoms with Crippen LogP contribution in [-0.2, 0) is 4.74 Å². The van der Waals surface area contributed by atoms with Crippen molar-refractivity contribution >= 4 is 33.5 Å². The van der Waals surface area contributed by atoms with E-state index in [1.165, 1.54) is 0 Å². The lowest BCUT2D eigenvalue weighted by atomic mass is 10.2. The van der Waals surface area contributed by atoms with E-state index in [-0.39, 0.29) is 12.0 Å². The number of anilines is 1. The molecular weight excluding hydrogens is 410 g/mol. The lowest BCUT2D eigenvalue weighted by Crippen LogP contribution is -2.36. The van der Waals surface area contributed by atoms with Crippen LogP contribution in [0.15, 0.2) is 58.0 Å². The van der Waals surface area contributed by atoms with E-state index in [1.54, 1.807) is 31.4 Å². The smallest absolute Gasteiger partial charge is 0.258 e. The van der Waals surface area contributed by atoms with Crippen LogP contribution in [0.5, 0.6) is 5.75 Å². The number of benzene rings is 2. The summed E-state index contributed by atoms with van der Waals surface area (Å²) in [6.45, 7) is 1.27. The Labute approximate surface area is 167 Å². The third-order valence-electron chi connectivity index (χ3n) is 4.15. The van der Waals surface area contributed by atoms with Gasteiger partial charge in [0.15, 0.2) is 0 Å². The lowest BCUT2D eigenvalue weighted by molar-refractivity contribution is 0.0975. The maximum atomic E-state index is 12.6. The number of methoxy groups -OCH3 is 1. The Bertz CT molecular complexity index is 802. The molecule has 27 heavy (non-hydrogen) atoms. The second-order valence-electron chi connectivity index (χ2n) is 6.14. The highest BCUT2D eigenvalue weighted by molar-refractivity contribution is 9.10. The molecular formula is C20H22BrN3O3. The maximum absolute atomic E-state index is 12.6. The van der Waals surface area contributed by atoms with Gasteiger partial charge in [-0.15, -0.1) is 0 Å². The molecule has 0 radical (unpaired) electrons. The molecule has 1 heterocycles. The van der Waals surface area contributed by atoms with Gasteiger partial charge in [-0.2, -0.15) is 0 Å². The average Bonchev–Trinajstić information content (AvgIpc) is 3.21. The second kappa shape index (κ2) is 9.53. The van der Waals surface area contributed by atoms with Crippen molar-refractivity contribution in [2.75, 3.05) is 25.6 Å². The highest BCUT2D eigenvalue weighted by Gasteiger charge is 2.16. The Morgan fingerprint density at radius 2 is 2.11 bits per heavy atom. The molecule has 142 valence electrons. The number of carbonyl (C=O) groups is 1. The van der Waals surface area contributed by atoms with Gasteiger partial charge in [-0.25, -0.2) is 4.99 Å². The van der Waals surface area contributed by atoms with Crippen LogP contribution in [0.3, 0.4) is 0 Å². The normalized spacial score (nSPS) is 16.8. The largest absolute Gasteiger partial charge is 0.497 e. The highest BCUT2D eigenvalue weighted by Crippen LogP contribution is 2.16. The maximum Gasteiger partial charge on any atom is 0.258 e. The minimum atomic E-state index is -0.260. The molecule has 1 unspecified atom stereocenters.